The summed E-state index contributed by atoms with van der Waals surface area (Å²) in [6.07, 6.45) is 1.76. The Morgan fingerprint density at radius 3 is 2.77 bits per heavy atom. The molecule has 30 heavy (non-hydrogen) atoms. The molecule has 2 aliphatic heterocycles. The lowest BCUT2D eigenvalue weighted by molar-refractivity contribution is -0.150. The third kappa shape index (κ3) is 5.11. The van der Waals surface area contributed by atoms with E-state index in [9.17, 15) is 27.9 Å². The van der Waals surface area contributed by atoms with Crippen molar-refractivity contribution in [1.82, 2.24) is 20.4 Å². The average Bonchev–Trinajstić information content (AvgIpc) is 3.09. The summed E-state index contributed by atoms with van der Waals surface area (Å²) < 4.78 is 35.6. The lowest BCUT2D eigenvalue weighted by Gasteiger charge is -2.49. The number of carbonyl (C=O) groups is 3. The number of aliphatic carboxylic acids is 1. The van der Waals surface area contributed by atoms with Crippen molar-refractivity contribution >= 4 is 63.2 Å². The molecule has 1 aromatic heterocycles. The maximum atomic E-state index is 12.5. The molecule has 3 N–H and O–H groups in total. The second kappa shape index (κ2) is 9.17. The monoisotopic (exact) mass is 496 g/mol. The molecule has 3 heterocycles. The molecule has 2 atom stereocenters. The lowest BCUT2D eigenvalue weighted by atomic mass is 10.0. The molecule has 12 nitrogen and oxygen atoms in total. The van der Waals surface area contributed by atoms with E-state index in [0.717, 1.165) is 16.7 Å². The van der Waals surface area contributed by atoms with Gasteiger partial charge in [0.1, 0.15) is 17.1 Å². The molecule has 0 spiro atoms. The zero-order valence-corrected chi connectivity index (χ0v) is 18.6. The minimum absolute atomic E-state index is 0.00449. The molecule has 16 heteroatoms. The highest BCUT2D eigenvalue weighted by Crippen LogP contribution is 2.41. The Morgan fingerprint density at radius 1 is 1.40 bits per heavy atom. The normalized spacial score (nSPS) is 21.3. The van der Waals surface area contributed by atoms with Gasteiger partial charge in [-0.3, -0.25) is 19.0 Å². The number of hydrogen-bond donors (Lipinski definition) is 3. The van der Waals surface area contributed by atoms with Gasteiger partial charge < -0.3 is 14.8 Å². The van der Waals surface area contributed by atoms with E-state index < -0.39 is 39.2 Å². The van der Waals surface area contributed by atoms with Crippen LogP contribution in [0.2, 0.25) is 0 Å². The Balaban J connectivity index is 1.69. The molecule has 1 unspecified atom stereocenters. The van der Waals surface area contributed by atoms with Crippen LogP contribution in [0.4, 0.5) is 0 Å². The van der Waals surface area contributed by atoms with Gasteiger partial charge in [0.05, 0.1) is 5.75 Å². The van der Waals surface area contributed by atoms with E-state index in [0.29, 0.717) is 11.3 Å². The van der Waals surface area contributed by atoms with Gasteiger partial charge in [0.15, 0.2) is 5.75 Å². The number of nitrogens with one attached hydrogen (secondary N) is 1. The van der Waals surface area contributed by atoms with Crippen LogP contribution >= 0.6 is 35.3 Å². The molecule has 2 aliphatic rings. The minimum Gasteiger partial charge on any atom is -0.477 e. The van der Waals surface area contributed by atoms with Crippen LogP contribution in [0.25, 0.3) is 0 Å². The third-order valence-electron chi connectivity index (χ3n) is 3.97. The Labute approximate surface area is 183 Å². The van der Waals surface area contributed by atoms with E-state index >= 15 is 0 Å². The van der Waals surface area contributed by atoms with E-state index in [1.807, 2.05) is 0 Å². The number of aromatic nitrogens is 2. The molecule has 1 fully saturated rings. The van der Waals surface area contributed by atoms with E-state index in [2.05, 4.69) is 15.5 Å². The lowest BCUT2D eigenvalue weighted by Crippen LogP contribution is -2.70. The first-order chi connectivity index (χ1) is 14.1. The van der Waals surface area contributed by atoms with Crippen molar-refractivity contribution in [3.05, 3.63) is 17.2 Å². The van der Waals surface area contributed by atoms with Crippen molar-refractivity contribution in [2.24, 2.45) is 0 Å². The van der Waals surface area contributed by atoms with Crippen LogP contribution in [0.15, 0.2) is 20.9 Å². The highest BCUT2D eigenvalue weighted by atomic mass is 32.2. The van der Waals surface area contributed by atoms with E-state index in [-0.39, 0.29) is 34.2 Å². The fourth-order valence-electron chi connectivity index (χ4n) is 2.80. The fourth-order valence-corrected chi connectivity index (χ4v) is 5.84. The second-order valence-electron chi connectivity index (χ2n) is 6.12. The topological polar surface area (TPSA) is 180 Å². The second-order valence-corrected chi connectivity index (χ2v) is 10.5. The highest BCUT2D eigenvalue weighted by molar-refractivity contribution is 8.01. The molecule has 164 valence electrons. The van der Waals surface area contributed by atoms with Gasteiger partial charge in [-0.05, 0) is 11.8 Å². The summed E-state index contributed by atoms with van der Waals surface area (Å²) in [6.45, 7) is 0. The molecule has 0 aliphatic carbocycles. The van der Waals surface area contributed by atoms with Crippen molar-refractivity contribution in [2.75, 3.05) is 23.5 Å². The molecule has 2 amide bonds. The first-order valence-corrected chi connectivity index (χ1v) is 13.2. The molecule has 0 saturated carbocycles. The Hall–Kier alpha value is -1.75. The Bertz CT molecular complexity index is 1010. The van der Waals surface area contributed by atoms with Crippen LogP contribution in [0, 0.1) is 0 Å². The molecular weight excluding hydrogens is 480 g/mol. The van der Waals surface area contributed by atoms with Crippen molar-refractivity contribution in [1.29, 1.82) is 0 Å². The Morgan fingerprint density at radius 2 is 2.13 bits per heavy atom. The molecule has 1 saturated heterocycles. The van der Waals surface area contributed by atoms with Crippen molar-refractivity contribution in [2.45, 2.75) is 22.4 Å². The van der Waals surface area contributed by atoms with Gasteiger partial charge in [0, 0.05) is 11.5 Å². The molecule has 0 aromatic carbocycles. The predicted molar refractivity (Wildman–Crippen MR) is 108 cm³/mol. The van der Waals surface area contributed by atoms with Crippen molar-refractivity contribution in [3.63, 3.8) is 0 Å². The maximum Gasteiger partial charge on any atom is 0.352 e. The molecule has 3 rings (SSSR count). The number of thioether (sulfide) groups is 3. The number of nitrogens with zero attached hydrogens (tertiary/aromatic N) is 3. The van der Waals surface area contributed by atoms with Gasteiger partial charge >= 0.3 is 5.97 Å². The van der Waals surface area contributed by atoms with Crippen molar-refractivity contribution < 1.29 is 36.9 Å². The molecule has 0 bridgehead atoms. The Kier molecular flexibility index (Phi) is 7.01. The van der Waals surface area contributed by atoms with Crippen LogP contribution in [-0.2, 0) is 30.3 Å². The zero-order valence-electron chi connectivity index (χ0n) is 15.3. The molecule has 1 aromatic rings. The zero-order chi connectivity index (χ0) is 22.1. The number of carbonyl (C=O) groups excluding carboxylic acids is 2. The largest absolute Gasteiger partial charge is 0.477 e. The van der Waals surface area contributed by atoms with Gasteiger partial charge in [0.2, 0.25) is 11.8 Å². The summed E-state index contributed by atoms with van der Waals surface area (Å²) in [4.78, 5) is 37.2. The number of carboxylic acid groups (broad SMARTS) is 1. The molecular formula is C14H16N4O8S4. The van der Waals surface area contributed by atoms with E-state index in [4.69, 9.17) is 8.97 Å². The highest BCUT2D eigenvalue weighted by Gasteiger charge is 2.54. The summed E-state index contributed by atoms with van der Waals surface area (Å²) in [7, 11) is -4.32. The first-order valence-electron chi connectivity index (χ1n) is 8.19. The third-order valence-corrected chi connectivity index (χ3v) is 7.37. The van der Waals surface area contributed by atoms with Crippen LogP contribution < -0.4 is 5.32 Å². The smallest absolute Gasteiger partial charge is 0.352 e. The van der Waals surface area contributed by atoms with Gasteiger partial charge in [-0.1, -0.05) is 11.8 Å². The first kappa shape index (κ1) is 22.9. The van der Waals surface area contributed by atoms with Gasteiger partial charge in [0.25, 0.3) is 21.2 Å². The van der Waals surface area contributed by atoms with E-state index in [1.54, 1.807) is 6.26 Å². The number of rotatable bonds is 9. The fraction of sp³-hybridized carbons (Fsp3) is 0.500. The summed E-state index contributed by atoms with van der Waals surface area (Å²) >= 11 is 3.63. The number of β-lactam (4-membered cyclic amide) rings is 1. The number of amides is 2. The molecule has 0 radical (unpaired) electrons. The number of fused-ring (bicyclic) bond motifs is 1. The summed E-state index contributed by atoms with van der Waals surface area (Å²) in [5.41, 5.74) is 0.301. The standard InChI is InChI=1S/C14H16N4O8S4/c1-27-4-7(19)15-9-11(20)18-10(13(21)22)6(2-28-12(9)18)3-29-14-17-16-8(26-14)5-30(23,24)25/h9,12H,2-5H2,1H3,(H,15,19)(H,21,22)(H,23,24,25)/t9?,12-/m1/s1. The van der Waals surface area contributed by atoms with Crippen molar-refractivity contribution in [3.8, 4) is 0 Å². The summed E-state index contributed by atoms with van der Waals surface area (Å²) in [5, 5.41) is 18.9. The number of carboxylic acids is 1. The SMILES string of the molecule is CSCC(=O)NC1C(=O)N2C(C(=O)O)=C(CSc3nnc(CS(=O)(=O)O)o3)CS[C@H]12. The van der Waals surface area contributed by atoms with Gasteiger partial charge in [-0.25, -0.2) is 4.79 Å². The van der Waals surface area contributed by atoms with Gasteiger partial charge in [-0.2, -0.15) is 20.2 Å². The number of hydrogen-bond acceptors (Lipinski definition) is 11. The van der Waals surface area contributed by atoms with Crippen LogP contribution in [0.1, 0.15) is 5.89 Å². The minimum atomic E-state index is -4.32. The summed E-state index contributed by atoms with van der Waals surface area (Å²) in [5.74, 6) is -2.55. The van der Waals surface area contributed by atoms with Crippen LogP contribution in [0.5, 0.6) is 0 Å². The van der Waals surface area contributed by atoms with Crippen LogP contribution in [0.3, 0.4) is 0 Å². The summed E-state index contributed by atoms with van der Waals surface area (Å²) in [6, 6.07) is -0.767. The maximum absolute atomic E-state index is 12.5. The van der Waals surface area contributed by atoms with Crippen LogP contribution in [-0.4, -0.2) is 85.9 Å². The average molecular weight is 497 g/mol. The quantitative estimate of drug-likeness (QED) is 0.229. The predicted octanol–water partition coefficient (Wildman–Crippen LogP) is -0.349. The van der Waals surface area contributed by atoms with E-state index in [1.165, 1.54) is 23.5 Å². The van der Waals surface area contributed by atoms with Gasteiger partial charge in [-0.15, -0.1) is 22.0 Å².